The topological polar surface area (TPSA) is 16.8 Å². The van der Waals surface area contributed by atoms with Crippen molar-refractivity contribution in [3.63, 3.8) is 0 Å². The van der Waals surface area contributed by atoms with Crippen molar-refractivity contribution < 1.29 is 4.74 Å². The largest absolute Gasteiger partial charge is 0.379 e. The lowest BCUT2D eigenvalue weighted by Crippen LogP contribution is -2.35. The van der Waals surface area contributed by atoms with Gasteiger partial charge in [-0.1, -0.05) is 34.1 Å². The Morgan fingerprint density at radius 1 is 1.38 bits per heavy atom. The molecule has 16 heavy (non-hydrogen) atoms. The second-order valence-corrected chi connectivity index (χ2v) is 4.64. The van der Waals surface area contributed by atoms with Gasteiger partial charge in [-0.2, -0.15) is 0 Å². The van der Waals surface area contributed by atoms with Crippen LogP contribution in [0.2, 0.25) is 0 Å². The van der Waals surface area contributed by atoms with Crippen LogP contribution >= 0.6 is 15.9 Å². The molecule has 0 unspecified atom stereocenters. The Bertz CT molecular complexity index is 408. The van der Waals surface area contributed by atoms with Crippen LogP contribution < -0.4 is 0 Å². The minimum atomic E-state index is 0.686. The van der Waals surface area contributed by atoms with E-state index in [4.69, 9.17) is 11.3 Å². The third-order valence-corrected chi connectivity index (χ3v) is 3.31. The SMILES string of the molecule is [C-]#[N+]c1cc(CN2CCOCC2)ccc1Br. The summed E-state index contributed by atoms with van der Waals surface area (Å²) < 4.78 is 6.17. The van der Waals surface area contributed by atoms with Gasteiger partial charge in [-0.3, -0.25) is 4.90 Å². The van der Waals surface area contributed by atoms with Gasteiger partial charge < -0.3 is 4.74 Å². The Labute approximate surface area is 104 Å². The number of hydrogen-bond acceptors (Lipinski definition) is 2. The molecule has 0 spiro atoms. The van der Waals surface area contributed by atoms with Gasteiger partial charge >= 0.3 is 0 Å². The monoisotopic (exact) mass is 280 g/mol. The molecular formula is C12H13BrN2O. The van der Waals surface area contributed by atoms with Crippen molar-refractivity contribution in [1.82, 2.24) is 4.90 Å². The molecule has 0 aromatic heterocycles. The minimum Gasteiger partial charge on any atom is -0.379 e. The summed E-state index contributed by atoms with van der Waals surface area (Å²) in [5.74, 6) is 0. The molecule has 0 bridgehead atoms. The zero-order valence-electron chi connectivity index (χ0n) is 8.95. The van der Waals surface area contributed by atoms with Gasteiger partial charge in [0.1, 0.15) is 0 Å². The molecule has 2 rings (SSSR count). The molecule has 1 aromatic carbocycles. The molecule has 0 aliphatic carbocycles. The highest BCUT2D eigenvalue weighted by molar-refractivity contribution is 9.10. The van der Waals surface area contributed by atoms with E-state index in [2.05, 4.69) is 31.7 Å². The van der Waals surface area contributed by atoms with Gasteiger partial charge in [-0.25, -0.2) is 4.85 Å². The normalized spacial score (nSPS) is 17.0. The van der Waals surface area contributed by atoms with Gasteiger partial charge in [0.15, 0.2) is 0 Å². The number of morpholine rings is 1. The Morgan fingerprint density at radius 2 is 2.12 bits per heavy atom. The Morgan fingerprint density at radius 3 is 2.81 bits per heavy atom. The van der Waals surface area contributed by atoms with Gasteiger partial charge in [0, 0.05) is 24.1 Å². The number of halogens is 1. The number of benzene rings is 1. The summed E-state index contributed by atoms with van der Waals surface area (Å²) in [6.07, 6.45) is 0. The second kappa shape index (κ2) is 5.44. The van der Waals surface area contributed by atoms with Crippen molar-refractivity contribution in [2.24, 2.45) is 0 Å². The summed E-state index contributed by atoms with van der Waals surface area (Å²) >= 11 is 3.37. The van der Waals surface area contributed by atoms with E-state index in [1.165, 1.54) is 5.56 Å². The molecule has 1 fully saturated rings. The standard InChI is InChI=1S/C12H13BrN2O/c1-14-12-8-10(2-3-11(12)13)9-15-4-6-16-7-5-15/h2-3,8H,4-7,9H2. The van der Waals surface area contributed by atoms with Gasteiger partial charge in [0.25, 0.3) is 0 Å². The molecule has 1 saturated heterocycles. The molecule has 0 saturated carbocycles. The molecule has 0 atom stereocenters. The summed E-state index contributed by atoms with van der Waals surface area (Å²) in [5, 5.41) is 0. The van der Waals surface area contributed by atoms with Gasteiger partial charge in [0.2, 0.25) is 5.69 Å². The van der Waals surface area contributed by atoms with E-state index in [9.17, 15) is 0 Å². The molecule has 84 valence electrons. The first-order chi connectivity index (χ1) is 7.79. The molecule has 3 nitrogen and oxygen atoms in total. The van der Waals surface area contributed by atoms with Crippen molar-refractivity contribution in [2.45, 2.75) is 6.54 Å². The molecule has 1 heterocycles. The van der Waals surface area contributed by atoms with Crippen LogP contribution in [0.5, 0.6) is 0 Å². The highest BCUT2D eigenvalue weighted by Gasteiger charge is 2.11. The molecule has 0 N–H and O–H groups in total. The maximum Gasteiger partial charge on any atom is 0.201 e. The first-order valence-corrected chi connectivity index (χ1v) is 6.05. The van der Waals surface area contributed by atoms with Gasteiger partial charge in [0.05, 0.1) is 19.8 Å². The average Bonchev–Trinajstić information content (AvgIpc) is 2.33. The predicted molar refractivity (Wildman–Crippen MR) is 66.5 cm³/mol. The summed E-state index contributed by atoms with van der Waals surface area (Å²) in [5.41, 5.74) is 1.88. The lowest BCUT2D eigenvalue weighted by molar-refractivity contribution is 0.0342. The fourth-order valence-corrected chi connectivity index (χ4v) is 2.10. The van der Waals surface area contributed by atoms with E-state index in [1.54, 1.807) is 0 Å². The first kappa shape index (κ1) is 11.6. The maximum absolute atomic E-state index is 7.06. The van der Waals surface area contributed by atoms with Crippen LogP contribution in [0.1, 0.15) is 5.56 Å². The van der Waals surface area contributed by atoms with E-state index in [0.29, 0.717) is 5.69 Å². The predicted octanol–water partition coefficient (Wildman–Crippen LogP) is 2.83. The number of rotatable bonds is 2. The third-order valence-electron chi connectivity index (χ3n) is 2.64. The summed E-state index contributed by atoms with van der Waals surface area (Å²) in [6.45, 7) is 11.5. The molecule has 0 amide bonds. The highest BCUT2D eigenvalue weighted by Crippen LogP contribution is 2.26. The fraction of sp³-hybridized carbons (Fsp3) is 0.417. The Hall–Kier alpha value is -0.890. The van der Waals surface area contributed by atoms with E-state index in [0.717, 1.165) is 37.3 Å². The van der Waals surface area contributed by atoms with E-state index < -0.39 is 0 Å². The lowest BCUT2D eigenvalue weighted by atomic mass is 10.2. The van der Waals surface area contributed by atoms with Crippen LogP contribution in [-0.4, -0.2) is 31.2 Å². The van der Waals surface area contributed by atoms with Crippen LogP contribution in [0.15, 0.2) is 22.7 Å². The van der Waals surface area contributed by atoms with Crippen LogP contribution in [0.25, 0.3) is 4.85 Å². The molecule has 1 aromatic rings. The summed E-state index contributed by atoms with van der Waals surface area (Å²) in [7, 11) is 0. The van der Waals surface area contributed by atoms with Crippen molar-refractivity contribution in [3.8, 4) is 0 Å². The van der Waals surface area contributed by atoms with Crippen LogP contribution in [0.4, 0.5) is 5.69 Å². The summed E-state index contributed by atoms with van der Waals surface area (Å²) in [4.78, 5) is 5.83. The molecule has 4 heteroatoms. The molecule has 0 radical (unpaired) electrons. The zero-order chi connectivity index (χ0) is 11.4. The quantitative estimate of drug-likeness (QED) is 0.775. The van der Waals surface area contributed by atoms with E-state index in [1.807, 2.05) is 12.1 Å². The van der Waals surface area contributed by atoms with Gasteiger partial charge in [-0.15, -0.1) is 0 Å². The molecule has 1 aliphatic rings. The van der Waals surface area contributed by atoms with Crippen molar-refractivity contribution in [1.29, 1.82) is 0 Å². The van der Waals surface area contributed by atoms with Crippen LogP contribution in [0.3, 0.4) is 0 Å². The fourth-order valence-electron chi connectivity index (χ4n) is 1.76. The van der Waals surface area contributed by atoms with Crippen LogP contribution in [0, 0.1) is 6.57 Å². The number of hydrogen-bond donors (Lipinski definition) is 0. The first-order valence-electron chi connectivity index (χ1n) is 5.25. The molecule has 1 aliphatic heterocycles. The second-order valence-electron chi connectivity index (χ2n) is 3.79. The smallest absolute Gasteiger partial charge is 0.201 e. The van der Waals surface area contributed by atoms with Crippen molar-refractivity contribution in [3.05, 3.63) is 39.7 Å². The van der Waals surface area contributed by atoms with Gasteiger partial charge in [-0.05, 0) is 5.56 Å². The van der Waals surface area contributed by atoms with Crippen LogP contribution in [-0.2, 0) is 11.3 Å². The Balaban J connectivity index is 2.06. The molecular weight excluding hydrogens is 268 g/mol. The lowest BCUT2D eigenvalue weighted by Gasteiger charge is -2.26. The third kappa shape index (κ3) is 2.82. The highest BCUT2D eigenvalue weighted by atomic mass is 79.9. The van der Waals surface area contributed by atoms with Crippen molar-refractivity contribution >= 4 is 21.6 Å². The Kier molecular flexibility index (Phi) is 3.94. The zero-order valence-corrected chi connectivity index (χ0v) is 10.5. The van der Waals surface area contributed by atoms with E-state index >= 15 is 0 Å². The number of nitrogens with zero attached hydrogens (tertiary/aromatic N) is 2. The summed E-state index contributed by atoms with van der Waals surface area (Å²) in [6, 6.07) is 5.96. The average molecular weight is 281 g/mol. The van der Waals surface area contributed by atoms with Crippen molar-refractivity contribution in [2.75, 3.05) is 26.3 Å². The minimum absolute atomic E-state index is 0.686. The number of ether oxygens (including phenoxy) is 1. The van der Waals surface area contributed by atoms with E-state index in [-0.39, 0.29) is 0 Å². The maximum atomic E-state index is 7.06.